The summed E-state index contributed by atoms with van der Waals surface area (Å²) in [4.78, 5) is 11.0. The van der Waals surface area contributed by atoms with Gasteiger partial charge < -0.3 is 10.6 Å². The molecule has 1 aromatic heterocycles. The average Bonchev–Trinajstić information content (AvgIpc) is 2.70. The number of nitrogens with one attached hydrogen (secondary N) is 2. The minimum atomic E-state index is -0.0648. The van der Waals surface area contributed by atoms with Crippen molar-refractivity contribution in [2.45, 2.75) is 26.8 Å². The quantitative estimate of drug-likeness (QED) is 0.899. The van der Waals surface area contributed by atoms with E-state index in [-0.39, 0.29) is 11.9 Å². The van der Waals surface area contributed by atoms with Crippen molar-refractivity contribution < 1.29 is 4.79 Å². The van der Waals surface area contributed by atoms with Crippen LogP contribution in [0.3, 0.4) is 0 Å². The Hall–Kier alpha value is -2.30. The van der Waals surface area contributed by atoms with Gasteiger partial charge in [0, 0.05) is 37.1 Å². The fraction of sp³-hybridized carbons (Fsp3) is 0.333. The number of benzene rings is 1. The van der Waals surface area contributed by atoms with Crippen LogP contribution in [-0.2, 0) is 11.8 Å². The van der Waals surface area contributed by atoms with Gasteiger partial charge in [0.15, 0.2) is 0 Å². The van der Waals surface area contributed by atoms with Crippen molar-refractivity contribution in [1.29, 1.82) is 0 Å². The van der Waals surface area contributed by atoms with Gasteiger partial charge in [0.2, 0.25) is 5.91 Å². The summed E-state index contributed by atoms with van der Waals surface area (Å²) >= 11 is 0. The molecule has 1 atom stereocenters. The van der Waals surface area contributed by atoms with Crippen molar-refractivity contribution in [3.63, 3.8) is 0 Å². The third-order valence-electron chi connectivity index (χ3n) is 3.11. The highest BCUT2D eigenvalue weighted by Crippen LogP contribution is 2.22. The largest absolute Gasteiger partial charge is 0.378 e. The predicted octanol–water partition coefficient (Wildman–Crippen LogP) is 2.86. The number of amides is 1. The average molecular weight is 272 g/mol. The number of carbonyl (C=O) groups excluding carboxylic acids is 1. The topological polar surface area (TPSA) is 59.0 Å². The molecule has 2 N–H and O–H groups in total. The van der Waals surface area contributed by atoms with Crippen LogP contribution in [0.5, 0.6) is 0 Å². The Balaban J connectivity index is 2.06. The molecular formula is C15H20N4O. The molecule has 106 valence electrons. The van der Waals surface area contributed by atoms with Crippen molar-refractivity contribution >= 4 is 17.3 Å². The van der Waals surface area contributed by atoms with Crippen LogP contribution in [0, 0.1) is 6.92 Å². The molecule has 0 fully saturated rings. The van der Waals surface area contributed by atoms with E-state index in [1.165, 1.54) is 12.5 Å². The van der Waals surface area contributed by atoms with Crippen molar-refractivity contribution in [3.8, 4) is 0 Å². The maximum atomic E-state index is 11.0. The van der Waals surface area contributed by atoms with Gasteiger partial charge in [-0.2, -0.15) is 5.10 Å². The molecule has 0 aliphatic carbocycles. The molecule has 0 saturated heterocycles. The van der Waals surface area contributed by atoms with Gasteiger partial charge in [0.1, 0.15) is 0 Å². The van der Waals surface area contributed by atoms with E-state index < -0.39 is 0 Å². The van der Waals surface area contributed by atoms with E-state index in [1.807, 2.05) is 49.1 Å². The van der Waals surface area contributed by atoms with Gasteiger partial charge in [0.25, 0.3) is 0 Å². The van der Waals surface area contributed by atoms with Crippen molar-refractivity contribution in [2.75, 3.05) is 10.6 Å². The van der Waals surface area contributed by atoms with Crippen LogP contribution in [0.1, 0.15) is 31.1 Å². The molecular weight excluding hydrogens is 252 g/mol. The highest BCUT2D eigenvalue weighted by Gasteiger charge is 2.11. The van der Waals surface area contributed by atoms with Gasteiger partial charge in [-0.25, -0.2) is 0 Å². The van der Waals surface area contributed by atoms with Gasteiger partial charge in [-0.1, -0.05) is 0 Å². The Labute approximate surface area is 119 Å². The van der Waals surface area contributed by atoms with Crippen LogP contribution in [-0.4, -0.2) is 15.7 Å². The molecule has 1 amide bonds. The van der Waals surface area contributed by atoms with E-state index >= 15 is 0 Å². The first-order chi connectivity index (χ1) is 9.45. The van der Waals surface area contributed by atoms with E-state index in [4.69, 9.17) is 0 Å². The third-order valence-corrected chi connectivity index (χ3v) is 3.11. The molecule has 0 radical (unpaired) electrons. The summed E-state index contributed by atoms with van der Waals surface area (Å²) in [6.07, 6.45) is 2.03. The summed E-state index contributed by atoms with van der Waals surface area (Å²) in [5.74, 6) is -0.0648. The number of hydrogen-bond acceptors (Lipinski definition) is 3. The summed E-state index contributed by atoms with van der Waals surface area (Å²) in [6.45, 7) is 5.61. The molecule has 2 rings (SSSR count). The molecule has 0 bridgehead atoms. The lowest BCUT2D eigenvalue weighted by Crippen LogP contribution is -2.08. The SMILES string of the molecule is CC(=O)Nc1ccc(NC(C)c2cn(C)nc2C)cc1. The lowest BCUT2D eigenvalue weighted by molar-refractivity contribution is -0.114. The monoisotopic (exact) mass is 272 g/mol. The van der Waals surface area contributed by atoms with Gasteiger partial charge in [-0.15, -0.1) is 0 Å². The molecule has 1 unspecified atom stereocenters. The summed E-state index contributed by atoms with van der Waals surface area (Å²) in [6, 6.07) is 7.84. The second kappa shape index (κ2) is 5.77. The van der Waals surface area contributed by atoms with Crippen molar-refractivity contribution in [3.05, 3.63) is 41.7 Å². The summed E-state index contributed by atoms with van der Waals surface area (Å²) < 4.78 is 1.82. The number of hydrogen-bond donors (Lipinski definition) is 2. The van der Waals surface area contributed by atoms with E-state index in [1.54, 1.807) is 0 Å². The van der Waals surface area contributed by atoms with Crippen LogP contribution in [0.25, 0.3) is 0 Å². The molecule has 0 spiro atoms. The van der Waals surface area contributed by atoms with Crippen LogP contribution >= 0.6 is 0 Å². The lowest BCUT2D eigenvalue weighted by atomic mass is 10.1. The van der Waals surface area contributed by atoms with E-state index in [0.717, 1.165) is 17.1 Å². The highest BCUT2D eigenvalue weighted by molar-refractivity contribution is 5.88. The summed E-state index contributed by atoms with van der Waals surface area (Å²) in [5.41, 5.74) is 4.02. The van der Waals surface area contributed by atoms with E-state index in [2.05, 4.69) is 22.7 Å². The van der Waals surface area contributed by atoms with Crippen LogP contribution in [0.15, 0.2) is 30.5 Å². The standard InChI is InChI=1S/C15H20N4O/c1-10(15-9-19(4)18-11(15)2)16-13-5-7-14(8-6-13)17-12(3)20/h5-10,16H,1-4H3,(H,17,20). The Morgan fingerprint density at radius 2 is 1.85 bits per heavy atom. The lowest BCUT2D eigenvalue weighted by Gasteiger charge is -2.15. The molecule has 1 aromatic carbocycles. The molecule has 0 aliphatic heterocycles. The zero-order chi connectivity index (χ0) is 14.7. The van der Waals surface area contributed by atoms with Crippen LogP contribution in [0.4, 0.5) is 11.4 Å². The minimum Gasteiger partial charge on any atom is -0.378 e. The second-order valence-electron chi connectivity index (χ2n) is 4.97. The van der Waals surface area contributed by atoms with Gasteiger partial charge >= 0.3 is 0 Å². The molecule has 1 heterocycles. The van der Waals surface area contributed by atoms with Crippen LogP contribution < -0.4 is 10.6 Å². The first-order valence-electron chi connectivity index (χ1n) is 6.60. The Kier molecular flexibility index (Phi) is 4.08. The smallest absolute Gasteiger partial charge is 0.221 e. The third kappa shape index (κ3) is 3.38. The number of carbonyl (C=O) groups is 1. The number of aromatic nitrogens is 2. The summed E-state index contributed by atoms with van der Waals surface area (Å²) in [7, 11) is 1.92. The second-order valence-corrected chi connectivity index (χ2v) is 4.97. The first kappa shape index (κ1) is 14.1. The normalized spacial score (nSPS) is 12.0. The molecule has 5 nitrogen and oxygen atoms in total. The van der Waals surface area contributed by atoms with Crippen LogP contribution in [0.2, 0.25) is 0 Å². The number of rotatable bonds is 4. The maximum absolute atomic E-state index is 11.0. The molecule has 0 saturated carbocycles. The zero-order valence-corrected chi connectivity index (χ0v) is 12.3. The number of anilines is 2. The Morgan fingerprint density at radius 3 is 2.35 bits per heavy atom. The van der Waals surface area contributed by atoms with E-state index in [0.29, 0.717) is 0 Å². The predicted molar refractivity (Wildman–Crippen MR) is 80.7 cm³/mol. The van der Waals surface area contributed by atoms with Gasteiger partial charge in [-0.05, 0) is 38.1 Å². The Bertz CT molecular complexity index is 601. The zero-order valence-electron chi connectivity index (χ0n) is 12.3. The first-order valence-corrected chi connectivity index (χ1v) is 6.60. The summed E-state index contributed by atoms with van der Waals surface area (Å²) in [5, 5.41) is 10.5. The number of aryl methyl sites for hydroxylation is 2. The molecule has 2 aromatic rings. The fourth-order valence-electron chi connectivity index (χ4n) is 2.22. The molecule has 0 aliphatic rings. The molecule has 5 heteroatoms. The Morgan fingerprint density at radius 1 is 1.25 bits per heavy atom. The van der Waals surface area contributed by atoms with Gasteiger partial charge in [-0.3, -0.25) is 9.48 Å². The van der Waals surface area contributed by atoms with Gasteiger partial charge in [0.05, 0.1) is 11.7 Å². The fourth-order valence-corrected chi connectivity index (χ4v) is 2.22. The van der Waals surface area contributed by atoms with Crippen molar-refractivity contribution in [1.82, 2.24) is 9.78 Å². The highest BCUT2D eigenvalue weighted by atomic mass is 16.1. The molecule has 20 heavy (non-hydrogen) atoms. The van der Waals surface area contributed by atoms with Crippen molar-refractivity contribution in [2.24, 2.45) is 7.05 Å². The maximum Gasteiger partial charge on any atom is 0.221 e. The minimum absolute atomic E-state index is 0.0648. The van der Waals surface area contributed by atoms with E-state index in [9.17, 15) is 4.79 Å². The number of nitrogens with zero attached hydrogens (tertiary/aromatic N) is 2.